The number of piperazine rings is 1. The SMILES string of the molecule is O=C(CN1CCN(c2ncnc3[nH]ccc23)CC1)Nc1cccc(S(=O)(=O)N2CCCC2)c1. The largest absolute Gasteiger partial charge is 0.353 e. The van der Waals surface area contributed by atoms with Crippen LogP contribution in [0.15, 0.2) is 47.8 Å². The molecule has 1 amide bonds. The molecule has 0 atom stereocenters. The fourth-order valence-electron chi connectivity index (χ4n) is 4.44. The lowest BCUT2D eigenvalue weighted by Crippen LogP contribution is -2.49. The van der Waals surface area contributed by atoms with Crippen molar-refractivity contribution in [3.63, 3.8) is 0 Å². The normalized spacial score (nSPS) is 18.1. The number of carbonyl (C=O) groups excluding carboxylic acids is 1. The van der Waals surface area contributed by atoms with Gasteiger partial charge in [0.2, 0.25) is 15.9 Å². The lowest BCUT2D eigenvalue weighted by Gasteiger charge is -2.35. The van der Waals surface area contributed by atoms with Crippen LogP contribution in [0.2, 0.25) is 0 Å². The van der Waals surface area contributed by atoms with E-state index in [-0.39, 0.29) is 17.3 Å². The van der Waals surface area contributed by atoms with Gasteiger partial charge in [0.1, 0.15) is 17.8 Å². The van der Waals surface area contributed by atoms with Crippen LogP contribution in [0, 0.1) is 0 Å². The summed E-state index contributed by atoms with van der Waals surface area (Å²) in [5, 5.41) is 3.85. The fourth-order valence-corrected chi connectivity index (χ4v) is 6.01. The Kier molecular flexibility index (Phi) is 6.00. The van der Waals surface area contributed by atoms with Gasteiger partial charge in [-0.15, -0.1) is 0 Å². The molecular weight excluding hydrogens is 442 g/mol. The van der Waals surface area contributed by atoms with Gasteiger partial charge in [-0.05, 0) is 37.1 Å². The number of hydrogen-bond acceptors (Lipinski definition) is 7. The molecular formula is C22H27N7O3S. The number of aromatic amines is 1. The molecule has 11 heteroatoms. The zero-order valence-electron chi connectivity index (χ0n) is 18.3. The van der Waals surface area contributed by atoms with E-state index in [0.717, 1.165) is 55.9 Å². The Balaban J connectivity index is 1.17. The summed E-state index contributed by atoms with van der Waals surface area (Å²) in [6.45, 7) is 4.33. The number of fused-ring (bicyclic) bond motifs is 1. The van der Waals surface area contributed by atoms with Crippen molar-refractivity contribution in [2.75, 3.05) is 56.0 Å². The quantitative estimate of drug-likeness (QED) is 0.562. The van der Waals surface area contributed by atoms with E-state index < -0.39 is 10.0 Å². The van der Waals surface area contributed by atoms with E-state index in [4.69, 9.17) is 0 Å². The number of H-pyrrole nitrogens is 1. The lowest BCUT2D eigenvalue weighted by atomic mass is 10.2. The Morgan fingerprint density at radius 2 is 1.82 bits per heavy atom. The van der Waals surface area contributed by atoms with Crippen LogP contribution in [0.3, 0.4) is 0 Å². The Morgan fingerprint density at radius 3 is 2.61 bits per heavy atom. The van der Waals surface area contributed by atoms with Crippen molar-refractivity contribution >= 4 is 38.5 Å². The third-order valence-corrected chi connectivity index (χ3v) is 8.09. The highest BCUT2D eigenvalue weighted by Gasteiger charge is 2.27. The molecule has 10 nitrogen and oxygen atoms in total. The number of amides is 1. The molecule has 33 heavy (non-hydrogen) atoms. The summed E-state index contributed by atoms with van der Waals surface area (Å²) >= 11 is 0. The summed E-state index contributed by atoms with van der Waals surface area (Å²) in [5.41, 5.74) is 1.31. The molecule has 2 saturated heterocycles. The Bertz CT molecular complexity index is 1250. The Hall–Kier alpha value is -3.02. The second-order valence-corrected chi connectivity index (χ2v) is 10.3. The van der Waals surface area contributed by atoms with Gasteiger partial charge in [-0.1, -0.05) is 6.07 Å². The van der Waals surface area contributed by atoms with Gasteiger partial charge in [-0.2, -0.15) is 4.31 Å². The van der Waals surface area contributed by atoms with Crippen LogP contribution in [-0.2, 0) is 14.8 Å². The number of anilines is 2. The summed E-state index contributed by atoms with van der Waals surface area (Å²) in [5.74, 6) is 0.746. The summed E-state index contributed by atoms with van der Waals surface area (Å²) in [6.07, 6.45) is 5.19. The number of sulfonamides is 1. The van der Waals surface area contributed by atoms with Crippen molar-refractivity contribution in [3.8, 4) is 0 Å². The molecule has 2 aliphatic rings. The van der Waals surface area contributed by atoms with Gasteiger partial charge < -0.3 is 15.2 Å². The molecule has 0 saturated carbocycles. The van der Waals surface area contributed by atoms with Crippen molar-refractivity contribution in [3.05, 3.63) is 42.9 Å². The van der Waals surface area contributed by atoms with Crippen LogP contribution in [0.1, 0.15) is 12.8 Å². The van der Waals surface area contributed by atoms with Crippen LogP contribution < -0.4 is 10.2 Å². The molecule has 5 rings (SSSR count). The van der Waals surface area contributed by atoms with Crippen molar-refractivity contribution in [2.24, 2.45) is 0 Å². The molecule has 4 heterocycles. The van der Waals surface area contributed by atoms with Crippen molar-refractivity contribution in [1.82, 2.24) is 24.2 Å². The Labute approximate surface area is 192 Å². The minimum atomic E-state index is -3.51. The molecule has 0 bridgehead atoms. The zero-order chi connectivity index (χ0) is 22.8. The van der Waals surface area contributed by atoms with Crippen LogP contribution in [0.4, 0.5) is 11.5 Å². The molecule has 1 aromatic carbocycles. The number of nitrogens with zero attached hydrogens (tertiary/aromatic N) is 5. The molecule has 2 aliphatic heterocycles. The average molecular weight is 470 g/mol. The van der Waals surface area contributed by atoms with E-state index in [1.807, 2.05) is 12.3 Å². The first-order valence-electron chi connectivity index (χ1n) is 11.2. The fraction of sp³-hybridized carbons (Fsp3) is 0.409. The molecule has 0 unspecified atom stereocenters. The van der Waals surface area contributed by atoms with Gasteiger partial charge in [-0.25, -0.2) is 18.4 Å². The maximum atomic E-state index is 12.8. The second-order valence-electron chi connectivity index (χ2n) is 8.39. The van der Waals surface area contributed by atoms with Crippen molar-refractivity contribution in [2.45, 2.75) is 17.7 Å². The topological polar surface area (TPSA) is 115 Å². The maximum Gasteiger partial charge on any atom is 0.243 e. The molecule has 2 aromatic heterocycles. The van der Waals surface area contributed by atoms with E-state index in [1.165, 1.54) is 4.31 Å². The molecule has 2 N–H and O–H groups in total. The first-order valence-corrected chi connectivity index (χ1v) is 12.6. The highest BCUT2D eigenvalue weighted by atomic mass is 32.2. The van der Waals surface area contributed by atoms with Gasteiger partial charge in [0.05, 0.1) is 16.8 Å². The van der Waals surface area contributed by atoms with Crippen molar-refractivity contribution in [1.29, 1.82) is 0 Å². The smallest absolute Gasteiger partial charge is 0.243 e. The van der Waals surface area contributed by atoms with Gasteiger partial charge in [0, 0.05) is 51.2 Å². The van der Waals surface area contributed by atoms with E-state index >= 15 is 0 Å². The molecule has 0 aliphatic carbocycles. The number of nitrogens with one attached hydrogen (secondary N) is 2. The van der Waals surface area contributed by atoms with Gasteiger partial charge >= 0.3 is 0 Å². The van der Waals surface area contributed by atoms with E-state index in [0.29, 0.717) is 18.8 Å². The minimum Gasteiger partial charge on any atom is -0.353 e. The number of hydrogen-bond donors (Lipinski definition) is 2. The minimum absolute atomic E-state index is 0.158. The van der Waals surface area contributed by atoms with E-state index in [9.17, 15) is 13.2 Å². The average Bonchev–Trinajstić information content (AvgIpc) is 3.52. The van der Waals surface area contributed by atoms with Crippen molar-refractivity contribution < 1.29 is 13.2 Å². The lowest BCUT2D eigenvalue weighted by molar-refractivity contribution is -0.117. The van der Waals surface area contributed by atoms with Gasteiger partial charge in [0.15, 0.2) is 0 Å². The maximum absolute atomic E-state index is 12.8. The standard InChI is InChI=1S/C22H27N7O3S/c30-20(26-17-4-3-5-18(14-17)33(31,32)29-8-1-2-9-29)15-27-10-12-28(13-11-27)22-19-6-7-23-21(19)24-16-25-22/h3-7,14,16H,1-2,8-13,15H2,(H,26,30)(H,23,24,25). The third kappa shape index (κ3) is 4.56. The summed E-state index contributed by atoms with van der Waals surface area (Å²) in [7, 11) is -3.51. The molecule has 0 radical (unpaired) electrons. The zero-order valence-corrected chi connectivity index (χ0v) is 19.1. The van der Waals surface area contributed by atoms with Crippen LogP contribution in [-0.4, -0.2) is 84.3 Å². The second kappa shape index (κ2) is 9.08. The predicted molar refractivity (Wildman–Crippen MR) is 126 cm³/mol. The number of aromatic nitrogens is 3. The Morgan fingerprint density at radius 1 is 1.03 bits per heavy atom. The van der Waals surface area contributed by atoms with Gasteiger partial charge in [0.25, 0.3) is 0 Å². The molecule has 174 valence electrons. The summed E-state index contributed by atoms with van der Waals surface area (Å²) in [6, 6.07) is 8.48. The van der Waals surface area contributed by atoms with E-state index in [2.05, 4.69) is 30.1 Å². The highest BCUT2D eigenvalue weighted by Crippen LogP contribution is 2.24. The first kappa shape index (κ1) is 21.8. The number of benzene rings is 1. The monoisotopic (exact) mass is 469 g/mol. The molecule has 0 spiro atoms. The van der Waals surface area contributed by atoms with Crippen LogP contribution in [0.5, 0.6) is 0 Å². The predicted octanol–water partition coefficient (Wildman–Crippen LogP) is 1.50. The van der Waals surface area contributed by atoms with Gasteiger partial charge in [-0.3, -0.25) is 9.69 Å². The number of rotatable bonds is 6. The summed E-state index contributed by atoms with van der Waals surface area (Å²) in [4.78, 5) is 28.9. The first-order chi connectivity index (χ1) is 16.0. The molecule has 3 aromatic rings. The molecule has 2 fully saturated rings. The summed E-state index contributed by atoms with van der Waals surface area (Å²) < 4.78 is 27.1. The van der Waals surface area contributed by atoms with Crippen LogP contribution in [0.25, 0.3) is 11.0 Å². The van der Waals surface area contributed by atoms with Crippen LogP contribution >= 0.6 is 0 Å². The number of carbonyl (C=O) groups is 1. The third-order valence-electron chi connectivity index (χ3n) is 6.19. The van der Waals surface area contributed by atoms with E-state index in [1.54, 1.807) is 30.6 Å². The highest BCUT2D eigenvalue weighted by molar-refractivity contribution is 7.89.